The Labute approximate surface area is 70.8 Å². The third-order valence-corrected chi connectivity index (χ3v) is 1.20. The van der Waals surface area contributed by atoms with Gasteiger partial charge in [0.15, 0.2) is 0 Å². The van der Waals surface area contributed by atoms with E-state index >= 15 is 0 Å². The zero-order valence-corrected chi connectivity index (χ0v) is 6.78. The van der Waals surface area contributed by atoms with Crippen LogP contribution in [0.25, 0.3) is 0 Å². The second-order valence-corrected chi connectivity index (χ2v) is 2.22. The molecule has 0 saturated carbocycles. The van der Waals surface area contributed by atoms with E-state index < -0.39 is 11.9 Å². The normalized spacial score (nSPS) is 9.00. The summed E-state index contributed by atoms with van der Waals surface area (Å²) in [5, 5.41) is 8.24. The largest absolute Gasteiger partial charge is 0.481 e. The molecule has 0 aliphatic carbocycles. The number of unbranched alkanes of at least 4 members (excludes halogenated alkanes) is 1. The molecular formula is C8H12O4. The lowest BCUT2D eigenvalue weighted by Crippen LogP contribution is -2.02. The SMILES string of the molecule is C=CC(=O)OCCCCC(=O)O. The Hall–Kier alpha value is -1.32. The lowest BCUT2D eigenvalue weighted by molar-refractivity contribution is -0.137. The minimum Gasteiger partial charge on any atom is -0.481 e. The van der Waals surface area contributed by atoms with Crippen molar-refractivity contribution in [3.8, 4) is 0 Å². The number of rotatable bonds is 6. The lowest BCUT2D eigenvalue weighted by Gasteiger charge is -1.99. The highest BCUT2D eigenvalue weighted by Gasteiger charge is 1.98. The van der Waals surface area contributed by atoms with Crippen molar-refractivity contribution in [2.75, 3.05) is 6.61 Å². The molecule has 0 fully saturated rings. The van der Waals surface area contributed by atoms with Gasteiger partial charge >= 0.3 is 11.9 Å². The van der Waals surface area contributed by atoms with E-state index in [2.05, 4.69) is 11.3 Å². The summed E-state index contributed by atoms with van der Waals surface area (Å²) in [5.41, 5.74) is 0. The van der Waals surface area contributed by atoms with Crippen LogP contribution in [0.4, 0.5) is 0 Å². The Morgan fingerprint density at radius 3 is 2.58 bits per heavy atom. The van der Waals surface area contributed by atoms with Crippen molar-refractivity contribution in [3.63, 3.8) is 0 Å². The number of carboxylic acids is 1. The highest BCUT2D eigenvalue weighted by molar-refractivity contribution is 5.81. The second kappa shape index (κ2) is 6.39. The van der Waals surface area contributed by atoms with Gasteiger partial charge in [0.2, 0.25) is 0 Å². The average molecular weight is 172 g/mol. The van der Waals surface area contributed by atoms with Crippen molar-refractivity contribution < 1.29 is 19.4 Å². The first-order valence-corrected chi connectivity index (χ1v) is 3.68. The molecule has 0 spiro atoms. The molecule has 4 nitrogen and oxygen atoms in total. The number of esters is 1. The van der Waals surface area contributed by atoms with E-state index in [4.69, 9.17) is 5.11 Å². The van der Waals surface area contributed by atoms with Gasteiger partial charge in [-0.25, -0.2) is 4.79 Å². The van der Waals surface area contributed by atoms with Crippen molar-refractivity contribution >= 4 is 11.9 Å². The summed E-state index contributed by atoms with van der Waals surface area (Å²) in [6, 6.07) is 0. The second-order valence-electron chi connectivity index (χ2n) is 2.22. The quantitative estimate of drug-likeness (QED) is 0.368. The minimum atomic E-state index is -0.829. The summed E-state index contributed by atoms with van der Waals surface area (Å²) < 4.78 is 4.62. The number of carboxylic acid groups (broad SMARTS) is 1. The Kier molecular flexibility index (Phi) is 5.69. The number of carbonyl (C=O) groups excluding carboxylic acids is 1. The summed E-state index contributed by atoms with van der Waals surface area (Å²) in [6.07, 6.45) is 2.30. The van der Waals surface area contributed by atoms with Crippen LogP contribution in [0.1, 0.15) is 19.3 Å². The molecule has 12 heavy (non-hydrogen) atoms. The van der Waals surface area contributed by atoms with Crippen molar-refractivity contribution in [3.05, 3.63) is 12.7 Å². The van der Waals surface area contributed by atoms with Crippen molar-refractivity contribution in [2.45, 2.75) is 19.3 Å². The molecule has 0 aliphatic rings. The molecule has 1 N–H and O–H groups in total. The maximum Gasteiger partial charge on any atom is 0.330 e. The fourth-order valence-corrected chi connectivity index (χ4v) is 0.610. The van der Waals surface area contributed by atoms with Gasteiger partial charge in [-0.15, -0.1) is 0 Å². The van der Waals surface area contributed by atoms with E-state index in [1.165, 1.54) is 0 Å². The third kappa shape index (κ3) is 6.80. The van der Waals surface area contributed by atoms with E-state index in [0.717, 1.165) is 6.08 Å². The molecule has 4 heteroatoms. The number of ether oxygens (including phenoxy) is 1. The first-order valence-electron chi connectivity index (χ1n) is 3.68. The van der Waals surface area contributed by atoms with Gasteiger partial charge in [-0.05, 0) is 12.8 Å². The first kappa shape index (κ1) is 10.7. The standard InChI is InChI=1S/C8H12O4/c1-2-8(11)12-6-4-3-5-7(9)10/h2H,1,3-6H2,(H,9,10). The fourth-order valence-electron chi connectivity index (χ4n) is 0.610. The maximum atomic E-state index is 10.5. The van der Waals surface area contributed by atoms with Crippen LogP contribution in [0.3, 0.4) is 0 Å². The highest BCUT2D eigenvalue weighted by atomic mass is 16.5. The summed E-state index contributed by atoms with van der Waals surface area (Å²) in [6.45, 7) is 3.48. The highest BCUT2D eigenvalue weighted by Crippen LogP contribution is 1.95. The van der Waals surface area contributed by atoms with E-state index in [1.807, 2.05) is 0 Å². The summed E-state index contributed by atoms with van der Waals surface area (Å²) in [7, 11) is 0. The van der Waals surface area contributed by atoms with Gasteiger partial charge < -0.3 is 9.84 Å². The first-order chi connectivity index (χ1) is 5.66. The smallest absolute Gasteiger partial charge is 0.330 e. The Balaban J connectivity index is 3.16. The maximum absolute atomic E-state index is 10.5. The molecule has 0 radical (unpaired) electrons. The van der Waals surface area contributed by atoms with Gasteiger partial charge in [0.05, 0.1) is 6.61 Å². The Bertz CT molecular complexity index is 174. The van der Waals surface area contributed by atoms with Crippen molar-refractivity contribution in [2.24, 2.45) is 0 Å². The van der Waals surface area contributed by atoms with Crippen LogP contribution in [0.5, 0.6) is 0 Å². The van der Waals surface area contributed by atoms with Crippen LogP contribution in [0.2, 0.25) is 0 Å². The third-order valence-electron chi connectivity index (χ3n) is 1.20. The average Bonchev–Trinajstić information content (AvgIpc) is 2.03. The number of hydrogen-bond donors (Lipinski definition) is 1. The number of aliphatic carboxylic acids is 1. The number of carbonyl (C=O) groups is 2. The van der Waals surface area contributed by atoms with Crippen LogP contribution in [0, 0.1) is 0 Å². The molecule has 0 aromatic heterocycles. The van der Waals surface area contributed by atoms with E-state index in [0.29, 0.717) is 12.8 Å². The van der Waals surface area contributed by atoms with Gasteiger partial charge in [-0.3, -0.25) is 4.79 Å². The number of hydrogen-bond acceptors (Lipinski definition) is 3. The Morgan fingerprint density at radius 1 is 1.42 bits per heavy atom. The van der Waals surface area contributed by atoms with E-state index in [9.17, 15) is 9.59 Å². The van der Waals surface area contributed by atoms with Crippen LogP contribution in [-0.4, -0.2) is 23.7 Å². The molecule has 0 unspecified atom stereocenters. The molecule has 68 valence electrons. The van der Waals surface area contributed by atoms with Crippen LogP contribution in [-0.2, 0) is 14.3 Å². The molecule has 0 saturated heterocycles. The van der Waals surface area contributed by atoms with Crippen molar-refractivity contribution in [1.29, 1.82) is 0 Å². The predicted molar refractivity (Wildman–Crippen MR) is 42.6 cm³/mol. The van der Waals surface area contributed by atoms with Gasteiger partial charge in [-0.1, -0.05) is 6.58 Å². The summed E-state index contributed by atoms with van der Waals surface area (Å²) in [4.78, 5) is 20.5. The molecular weight excluding hydrogens is 160 g/mol. The lowest BCUT2D eigenvalue weighted by atomic mass is 10.2. The van der Waals surface area contributed by atoms with Gasteiger partial charge in [0.1, 0.15) is 0 Å². The molecule has 0 heterocycles. The van der Waals surface area contributed by atoms with E-state index in [1.54, 1.807) is 0 Å². The molecule has 0 bridgehead atoms. The summed E-state index contributed by atoms with van der Waals surface area (Å²) in [5.74, 6) is -1.30. The van der Waals surface area contributed by atoms with Gasteiger partial charge in [0, 0.05) is 12.5 Å². The fraction of sp³-hybridized carbons (Fsp3) is 0.500. The van der Waals surface area contributed by atoms with E-state index in [-0.39, 0.29) is 13.0 Å². The van der Waals surface area contributed by atoms with Crippen LogP contribution in [0.15, 0.2) is 12.7 Å². The minimum absolute atomic E-state index is 0.117. The summed E-state index contributed by atoms with van der Waals surface area (Å²) >= 11 is 0. The Morgan fingerprint density at radius 2 is 2.08 bits per heavy atom. The van der Waals surface area contributed by atoms with Crippen LogP contribution < -0.4 is 0 Å². The van der Waals surface area contributed by atoms with Crippen LogP contribution >= 0.6 is 0 Å². The molecule has 0 aromatic rings. The molecule has 0 amide bonds. The monoisotopic (exact) mass is 172 g/mol. The topological polar surface area (TPSA) is 63.6 Å². The zero-order valence-electron chi connectivity index (χ0n) is 6.78. The predicted octanol–water partition coefficient (Wildman–Crippen LogP) is 0.970. The zero-order chi connectivity index (χ0) is 9.40. The molecule has 0 aliphatic heterocycles. The molecule has 0 atom stereocenters. The molecule has 0 rings (SSSR count). The van der Waals surface area contributed by atoms with Gasteiger partial charge in [0.25, 0.3) is 0 Å². The van der Waals surface area contributed by atoms with Gasteiger partial charge in [-0.2, -0.15) is 0 Å². The molecule has 0 aromatic carbocycles. The van der Waals surface area contributed by atoms with Crippen molar-refractivity contribution in [1.82, 2.24) is 0 Å².